The van der Waals surface area contributed by atoms with Crippen molar-refractivity contribution in [3.63, 3.8) is 0 Å². The largest absolute Gasteiger partial charge is 0.249 e. The van der Waals surface area contributed by atoms with E-state index in [0.717, 1.165) is 5.56 Å². The molecule has 0 saturated carbocycles. The van der Waals surface area contributed by atoms with E-state index in [4.69, 9.17) is 16.9 Å². The predicted octanol–water partition coefficient (Wildman–Crippen LogP) is 1.57. The molecule has 0 bridgehead atoms. The van der Waals surface area contributed by atoms with Gasteiger partial charge in [0.25, 0.3) is 0 Å². The maximum absolute atomic E-state index is 12.2. The Morgan fingerprint density at radius 1 is 1.69 bits per heavy atom. The molecule has 0 saturated heterocycles. The molecule has 0 aliphatic rings. The van der Waals surface area contributed by atoms with E-state index in [1.54, 1.807) is 24.5 Å². The van der Waals surface area contributed by atoms with E-state index < -0.39 is 9.71 Å². The van der Waals surface area contributed by atoms with Crippen LogP contribution in [0.3, 0.4) is 0 Å². The van der Waals surface area contributed by atoms with E-state index in [-0.39, 0.29) is 0 Å². The van der Waals surface area contributed by atoms with Crippen LogP contribution >= 0.6 is 11.6 Å². The van der Waals surface area contributed by atoms with E-state index in [9.17, 15) is 4.21 Å². The van der Waals surface area contributed by atoms with Gasteiger partial charge in [0.2, 0.25) is 0 Å². The lowest BCUT2D eigenvalue weighted by Crippen LogP contribution is -2.25. The first-order valence-electron chi connectivity index (χ1n) is 4.64. The molecule has 1 aromatic rings. The zero-order chi connectivity index (χ0) is 12.2. The van der Waals surface area contributed by atoms with Gasteiger partial charge in [0.1, 0.15) is 5.15 Å². The highest BCUT2D eigenvalue weighted by molar-refractivity contribution is 8.00. The molecule has 1 atom stereocenters. The number of hydrogen-bond donors (Lipinski definition) is 1. The molecular formula is C10H12ClN3OS. The normalized spacial score (nSPS) is 13.6. The second-order valence-electron chi connectivity index (χ2n) is 3.20. The Bertz CT molecular complexity index is 524. The quantitative estimate of drug-likeness (QED) is 0.294. The molecule has 1 heterocycles. The van der Waals surface area contributed by atoms with Crippen LogP contribution in [0.25, 0.3) is 0 Å². The van der Waals surface area contributed by atoms with Gasteiger partial charge in [-0.25, -0.2) is 13.9 Å². The van der Waals surface area contributed by atoms with Crippen molar-refractivity contribution in [1.82, 2.24) is 9.71 Å². The smallest absolute Gasteiger partial charge is 0.188 e. The molecule has 0 spiro atoms. The van der Waals surface area contributed by atoms with Gasteiger partial charge in [0.15, 0.2) is 6.19 Å². The lowest BCUT2D eigenvalue weighted by molar-refractivity contribution is 0.681. The van der Waals surface area contributed by atoms with Crippen molar-refractivity contribution in [3.05, 3.63) is 29.0 Å². The summed E-state index contributed by atoms with van der Waals surface area (Å²) in [6.07, 6.45) is 5.35. The van der Waals surface area contributed by atoms with Gasteiger partial charge in [0.05, 0.1) is 9.71 Å². The summed E-state index contributed by atoms with van der Waals surface area (Å²) in [6.45, 7) is 1.88. The van der Waals surface area contributed by atoms with Crippen LogP contribution in [0.1, 0.15) is 18.9 Å². The number of pyridine rings is 1. The highest BCUT2D eigenvalue weighted by Gasteiger charge is 2.10. The van der Waals surface area contributed by atoms with Crippen LogP contribution in [0, 0.1) is 11.5 Å². The van der Waals surface area contributed by atoms with Crippen molar-refractivity contribution >= 4 is 26.2 Å². The molecule has 0 fully saturated rings. The Kier molecular flexibility index (Phi) is 4.16. The molecule has 86 valence electrons. The maximum Gasteiger partial charge on any atom is 0.188 e. The molecule has 1 unspecified atom stereocenters. The van der Waals surface area contributed by atoms with Gasteiger partial charge in [-0.3, -0.25) is 0 Å². The zero-order valence-electron chi connectivity index (χ0n) is 9.03. The Balaban J connectivity index is 3.34. The highest BCUT2D eigenvalue weighted by Crippen LogP contribution is 2.09. The van der Waals surface area contributed by atoms with Gasteiger partial charge in [0, 0.05) is 22.9 Å². The Hall–Kier alpha value is -1.25. The topological polar surface area (TPSA) is 65.8 Å². The summed E-state index contributed by atoms with van der Waals surface area (Å²) < 4.78 is 14.5. The van der Waals surface area contributed by atoms with Crippen LogP contribution in [0.4, 0.5) is 0 Å². The maximum atomic E-state index is 12.2. The minimum Gasteiger partial charge on any atom is -0.249 e. The fraction of sp³-hybridized carbons (Fsp3) is 0.300. The number of rotatable bonds is 3. The van der Waals surface area contributed by atoms with Crippen molar-refractivity contribution in [1.29, 1.82) is 5.26 Å². The third kappa shape index (κ3) is 2.87. The van der Waals surface area contributed by atoms with Crippen LogP contribution in [0.5, 0.6) is 0 Å². The molecule has 0 aromatic carbocycles. The summed E-state index contributed by atoms with van der Waals surface area (Å²) in [6, 6.07) is 3.38. The molecule has 4 nitrogen and oxygen atoms in total. The summed E-state index contributed by atoms with van der Waals surface area (Å²) in [5.41, 5.74) is 0.738. The minimum atomic E-state index is -2.52. The van der Waals surface area contributed by atoms with E-state index >= 15 is 0 Å². The number of nitrogens with zero attached hydrogens (tertiary/aromatic N) is 2. The van der Waals surface area contributed by atoms with Gasteiger partial charge in [-0.1, -0.05) is 18.5 Å². The summed E-state index contributed by atoms with van der Waals surface area (Å²) in [7, 11) is -2.52. The van der Waals surface area contributed by atoms with Gasteiger partial charge >= 0.3 is 0 Å². The summed E-state index contributed by atoms with van der Waals surface area (Å²) in [4.78, 5) is 4.59. The number of halogens is 1. The van der Waals surface area contributed by atoms with Crippen molar-refractivity contribution in [2.45, 2.75) is 13.3 Å². The van der Waals surface area contributed by atoms with Crippen LogP contribution in [-0.4, -0.2) is 20.3 Å². The fourth-order valence-electron chi connectivity index (χ4n) is 1.39. The first-order chi connectivity index (χ1) is 7.51. The fourth-order valence-corrected chi connectivity index (χ4v) is 2.92. The predicted molar refractivity (Wildman–Crippen MR) is 66.5 cm³/mol. The van der Waals surface area contributed by atoms with Crippen LogP contribution in [0.15, 0.2) is 18.3 Å². The number of hydrogen-bond acceptors (Lipinski definition) is 3. The Morgan fingerprint density at radius 3 is 2.81 bits per heavy atom. The van der Waals surface area contributed by atoms with Gasteiger partial charge in [-0.2, -0.15) is 5.26 Å². The first kappa shape index (κ1) is 12.8. The number of nitrogens with one attached hydrogen (secondary N) is 1. The van der Waals surface area contributed by atoms with Crippen LogP contribution < -0.4 is 4.72 Å². The van der Waals surface area contributed by atoms with E-state index in [1.165, 1.54) is 6.26 Å². The molecule has 0 aliphatic carbocycles. The highest BCUT2D eigenvalue weighted by atomic mass is 35.5. The van der Waals surface area contributed by atoms with Gasteiger partial charge in [-0.05, 0) is 18.6 Å². The third-order valence-electron chi connectivity index (χ3n) is 2.08. The molecule has 0 radical (unpaired) electrons. The molecule has 16 heavy (non-hydrogen) atoms. The first-order valence-corrected chi connectivity index (χ1v) is 6.98. The molecular weight excluding hydrogens is 246 g/mol. The molecule has 0 amide bonds. The molecule has 1 aromatic heterocycles. The zero-order valence-corrected chi connectivity index (χ0v) is 10.6. The average molecular weight is 258 g/mol. The van der Waals surface area contributed by atoms with E-state index in [2.05, 4.69) is 9.71 Å². The van der Waals surface area contributed by atoms with E-state index in [0.29, 0.717) is 16.4 Å². The standard InChI is InChI=1S/C10H12ClN3OS/c1-3-9(16(2,15)14-7-12)8-4-5-10(11)13-6-8/h4-6H,3H2,1-2H3,(H,14,15). The second kappa shape index (κ2) is 5.19. The lowest BCUT2D eigenvalue weighted by atomic mass is 10.2. The van der Waals surface area contributed by atoms with Crippen LogP contribution in [0.2, 0.25) is 5.15 Å². The number of aromatic nitrogens is 1. The Labute approximate surface area is 100 Å². The van der Waals surface area contributed by atoms with Crippen molar-refractivity contribution in [3.8, 4) is 6.19 Å². The molecule has 6 heteroatoms. The monoisotopic (exact) mass is 257 g/mol. The van der Waals surface area contributed by atoms with Crippen LogP contribution in [-0.2, 0) is 9.71 Å². The molecule has 1 rings (SSSR count). The average Bonchev–Trinajstić information content (AvgIpc) is 2.21. The Morgan fingerprint density at radius 2 is 2.38 bits per heavy atom. The summed E-state index contributed by atoms with van der Waals surface area (Å²) in [5.74, 6) is 0. The van der Waals surface area contributed by atoms with Gasteiger partial charge < -0.3 is 0 Å². The van der Waals surface area contributed by atoms with Crippen molar-refractivity contribution in [2.24, 2.45) is 0 Å². The third-order valence-corrected chi connectivity index (χ3v) is 4.25. The molecule has 0 aliphatic heterocycles. The second-order valence-corrected chi connectivity index (χ2v) is 5.98. The minimum absolute atomic E-state index is 0.384. The number of nitriles is 1. The van der Waals surface area contributed by atoms with Crippen molar-refractivity contribution in [2.75, 3.05) is 6.26 Å². The van der Waals surface area contributed by atoms with Crippen molar-refractivity contribution < 1.29 is 4.21 Å². The van der Waals surface area contributed by atoms with E-state index in [1.807, 2.05) is 6.92 Å². The summed E-state index contributed by atoms with van der Waals surface area (Å²) in [5, 5.41) is 8.93. The summed E-state index contributed by atoms with van der Waals surface area (Å²) >= 11 is 5.68. The molecule has 1 N–H and O–H groups in total. The SMILES string of the molecule is CCC(c1ccc(Cl)nc1)=S(C)(=O)NC#N. The lowest BCUT2D eigenvalue weighted by Gasteiger charge is -2.10. The van der Waals surface area contributed by atoms with Gasteiger partial charge in [-0.15, -0.1) is 0 Å².